The van der Waals surface area contributed by atoms with Crippen LogP contribution in [0.15, 0.2) is 18.2 Å². The van der Waals surface area contributed by atoms with Gasteiger partial charge in [0, 0.05) is 19.1 Å². The Balaban J connectivity index is 1.81. The summed E-state index contributed by atoms with van der Waals surface area (Å²) in [5.74, 6) is 1.05. The van der Waals surface area contributed by atoms with Gasteiger partial charge in [-0.1, -0.05) is 18.2 Å². The van der Waals surface area contributed by atoms with Gasteiger partial charge in [-0.2, -0.15) is 0 Å². The lowest BCUT2D eigenvalue weighted by molar-refractivity contribution is -0.143. The molecule has 0 unspecified atom stereocenters. The van der Waals surface area contributed by atoms with Gasteiger partial charge < -0.3 is 10.6 Å². The molecule has 0 saturated heterocycles. The first kappa shape index (κ1) is 12.4. The lowest BCUT2D eigenvalue weighted by Gasteiger charge is -2.51. The van der Waals surface area contributed by atoms with Gasteiger partial charge in [0.25, 0.3) is 0 Å². The summed E-state index contributed by atoms with van der Waals surface area (Å²) in [5.41, 5.74) is 9.79. The maximum atomic E-state index is 12.8. The molecule has 0 atom stereocenters. The predicted molar refractivity (Wildman–Crippen MR) is 78.4 cm³/mol. The molecule has 20 heavy (non-hydrogen) atoms. The van der Waals surface area contributed by atoms with E-state index in [0.717, 1.165) is 31.8 Å². The van der Waals surface area contributed by atoms with Crippen LogP contribution >= 0.6 is 0 Å². The van der Waals surface area contributed by atoms with Gasteiger partial charge in [-0.05, 0) is 55.2 Å². The van der Waals surface area contributed by atoms with Crippen LogP contribution < -0.4 is 5.73 Å². The van der Waals surface area contributed by atoms with Crippen molar-refractivity contribution in [3.63, 3.8) is 0 Å². The molecule has 1 aromatic rings. The van der Waals surface area contributed by atoms with Crippen LogP contribution in [0.1, 0.15) is 55.2 Å². The number of amides is 1. The molecular weight excluding hydrogens is 248 g/mol. The van der Waals surface area contributed by atoms with Gasteiger partial charge in [-0.15, -0.1) is 0 Å². The minimum absolute atomic E-state index is 0.188. The zero-order valence-corrected chi connectivity index (χ0v) is 12.1. The van der Waals surface area contributed by atoms with E-state index < -0.39 is 0 Å². The number of benzene rings is 1. The Morgan fingerprint density at radius 3 is 2.70 bits per heavy atom. The number of hydrogen-bond acceptors (Lipinski definition) is 2. The standard InChI is InChI=1S/C17H22N2O/c1-2-19-10-13-6-5-12(11-3-4-11)7-15(13)17(16(19)20)8-14(18)9-17/h5-7,11,14H,2-4,8-10,18H2,1H3. The van der Waals surface area contributed by atoms with Gasteiger partial charge in [0.05, 0.1) is 5.41 Å². The van der Waals surface area contributed by atoms with Crippen molar-refractivity contribution in [3.05, 3.63) is 34.9 Å². The van der Waals surface area contributed by atoms with Crippen molar-refractivity contribution >= 4 is 5.91 Å². The molecule has 0 bridgehead atoms. The first-order chi connectivity index (χ1) is 9.64. The summed E-state index contributed by atoms with van der Waals surface area (Å²) < 4.78 is 0. The van der Waals surface area contributed by atoms with E-state index >= 15 is 0 Å². The Morgan fingerprint density at radius 2 is 2.10 bits per heavy atom. The third-order valence-electron chi connectivity index (χ3n) is 5.36. The van der Waals surface area contributed by atoms with E-state index in [1.165, 1.54) is 29.5 Å². The second kappa shape index (κ2) is 4.08. The Hall–Kier alpha value is -1.35. The lowest BCUT2D eigenvalue weighted by Crippen LogP contribution is -2.61. The largest absolute Gasteiger partial charge is 0.338 e. The molecule has 3 heteroatoms. The van der Waals surface area contributed by atoms with Crippen molar-refractivity contribution in [2.24, 2.45) is 5.73 Å². The summed E-state index contributed by atoms with van der Waals surface area (Å²) in [6, 6.07) is 7.04. The van der Waals surface area contributed by atoms with Crippen molar-refractivity contribution in [3.8, 4) is 0 Å². The van der Waals surface area contributed by atoms with Crippen molar-refractivity contribution in [1.29, 1.82) is 0 Å². The monoisotopic (exact) mass is 270 g/mol. The van der Waals surface area contributed by atoms with Crippen LogP contribution in [-0.2, 0) is 16.8 Å². The number of carbonyl (C=O) groups is 1. The van der Waals surface area contributed by atoms with Gasteiger partial charge in [0.1, 0.15) is 0 Å². The molecule has 0 aromatic heterocycles. The molecule has 0 radical (unpaired) electrons. The van der Waals surface area contributed by atoms with Crippen LogP contribution in [0.2, 0.25) is 0 Å². The van der Waals surface area contributed by atoms with E-state index in [1.54, 1.807) is 0 Å². The number of carbonyl (C=O) groups excluding carboxylic acids is 1. The highest BCUT2D eigenvalue weighted by atomic mass is 16.2. The van der Waals surface area contributed by atoms with Crippen molar-refractivity contribution in [1.82, 2.24) is 4.90 Å². The number of nitrogens with two attached hydrogens (primary N) is 1. The topological polar surface area (TPSA) is 46.3 Å². The Morgan fingerprint density at radius 1 is 1.35 bits per heavy atom. The van der Waals surface area contributed by atoms with Crippen LogP contribution in [0.25, 0.3) is 0 Å². The number of likely N-dealkylation sites (N-methyl/N-ethyl adjacent to an activating group) is 1. The first-order valence-electron chi connectivity index (χ1n) is 7.82. The molecule has 2 saturated carbocycles. The fourth-order valence-corrected chi connectivity index (χ4v) is 4.03. The van der Waals surface area contributed by atoms with Crippen LogP contribution in [0.4, 0.5) is 0 Å². The normalized spacial score (nSPS) is 32.2. The highest BCUT2D eigenvalue weighted by molar-refractivity contribution is 5.91. The molecule has 1 amide bonds. The molecule has 1 aromatic carbocycles. The fraction of sp³-hybridized carbons (Fsp3) is 0.588. The third kappa shape index (κ3) is 1.59. The summed E-state index contributed by atoms with van der Waals surface area (Å²) >= 11 is 0. The highest BCUT2D eigenvalue weighted by Crippen LogP contribution is 2.50. The summed E-state index contributed by atoms with van der Waals surface area (Å²) in [6.07, 6.45) is 4.26. The number of hydrogen-bond donors (Lipinski definition) is 1. The maximum Gasteiger partial charge on any atom is 0.233 e. The average Bonchev–Trinajstić information content (AvgIpc) is 3.24. The van der Waals surface area contributed by atoms with E-state index in [0.29, 0.717) is 5.91 Å². The lowest BCUT2D eigenvalue weighted by atomic mass is 9.58. The summed E-state index contributed by atoms with van der Waals surface area (Å²) in [7, 11) is 0. The minimum Gasteiger partial charge on any atom is -0.338 e. The van der Waals surface area contributed by atoms with E-state index in [9.17, 15) is 4.79 Å². The molecule has 2 N–H and O–H groups in total. The van der Waals surface area contributed by atoms with E-state index in [2.05, 4.69) is 25.1 Å². The summed E-state index contributed by atoms with van der Waals surface area (Å²) in [6.45, 7) is 3.62. The van der Waals surface area contributed by atoms with Crippen LogP contribution in [-0.4, -0.2) is 23.4 Å². The molecule has 4 rings (SSSR count). The Labute approximate surface area is 120 Å². The Bertz CT molecular complexity index is 570. The van der Waals surface area contributed by atoms with Crippen LogP contribution in [0.3, 0.4) is 0 Å². The second-order valence-electron chi connectivity index (χ2n) is 6.76. The predicted octanol–water partition coefficient (Wildman–Crippen LogP) is 2.29. The molecule has 1 heterocycles. The molecule has 2 fully saturated rings. The average molecular weight is 270 g/mol. The van der Waals surface area contributed by atoms with Gasteiger partial charge in [-0.25, -0.2) is 0 Å². The van der Waals surface area contributed by atoms with Gasteiger partial charge in [0.15, 0.2) is 0 Å². The Kier molecular flexibility index (Phi) is 2.53. The van der Waals surface area contributed by atoms with Crippen LogP contribution in [0.5, 0.6) is 0 Å². The zero-order chi connectivity index (χ0) is 13.9. The summed E-state index contributed by atoms with van der Waals surface area (Å²) in [4.78, 5) is 14.8. The molecule has 1 spiro atoms. The van der Waals surface area contributed by atoms with Crippen molar-refractivity contribution in [2.45, 2.75) is 56.5 Å². The zero-order valence-electron chi connectivity index (χ0n) is 12.1. The van der Waals surface area contributed by atoms with E-state index in [4.69, 9.17) is 5.73 Å². The molecule has 3 aliphatic rings. The number of nitrogens with zero attached hydrogens (tertiary/aromatic N) is 1. The maximum absolute atomic E-state index is 12.8. The van der Waals surface area contributed by atoms with E-state index in [1.807, 2.05) is 4.90 Å². The highest BCUT2D eigenvalue weighted by Gasteiger charge is 2.54. The van der Waals surface area contributed by atoms with Crippen molar-refractivity contribution < 1.29 is 4.79 Å². The van der Waals surface area contributed by atoms with Gasteiger partial charge in [0.2, 0.25) is 5.91 Å². The molecule has 1 aliphatic heterocycles. The van der Waals surface area contributed by atoms with Gasteiger partial charge in [-0.3, -0.25) is 4.79 Å². The first-order valence-corrected chi connectivity index (χ1v) is 7.82. The SMILES string of the molecule is CCN1Cc2ccc(C3CC3)cc2C2(CC(N)C2)C1=O. The smallest absolute Gasteiger partial charge is 0.233 e. The van der Waals surface area contributed by atoms with Crippen LogP contribution in [0, 0.1) is 0 Å². The quantitative estimate of drug-likeness (QED) is 0.896. The van der Waals surface area contributed by atoms with Gasteiger partial charge >= 0.3 is 0 Å². The number of fused-ring (bicyclic) bond motifs is 2. The van der Waals surface area contributed by atoms with E-state index in [-0.39, 0.29) is 11.5 Å². The molecule has 106 valence electrons. The number of rotatable bonds is 2. The molecule has 3 nitrogen and oxygen atoms in total. The third-order valence-corrected chi connectivity index (χ3v) is 5.36. The second-order valence-corrected chi connectivity index (χ2v) is 6.76. The van der Waals surface area contributed by atoms with Crippen molar-refractivity contribution in [2.75, 3.05) is 6.54 Å². The molecule has 2 aliphatic carbocycles. The minimum atomic E-state index is -0.298. The molecular formula is C17H22N2O. The fourth-order valence-electron chi connectivity index (χ4n) is 4.03. The summed E-state index contributed by atoms with van der Waals surface area (Å²) in [5, 5.41) is 0.